The van der Waals surface area contributed by atoms with Gasteiger partial charge in [-0.15, -0.1) is 12.4 Å². The summed E-state index contributed by atoms with van der Waals surface area (Å²) in [6, 6.07) is 6.31. The first-order valence-corrected chi connectivity index (χ1v) is 6.17. The van der Waals surface area contributed by atoms with Crippen LogP contribution in [0.4, 0.5) is 0 Å². The SMILES string of the molecule is Cc1cccc(C)c1OC[C@H]1CCCNC1.Cl. The average Bonchev–Trinajstić information content (AvgIpc) is 2.30. The third-order valence-electron chi connectivity index (χ3n) is 3.27. The Morgan fingerprint density at radius 2 is 2.00 bits per heavy atom. The molecule has 0 amide bonds. The molecule has 0 unspecified atom stereocenters. The van der Waals surface area contributed by atoms with Crippen molar-refractivity contribution in [1.29, 1.82) is 0 Å². The van der Waals surface area contributed by atoms with Crippen molar-refractivity contribution in [3.63, 3.8) is 0 Å². The number of ether oxygens (including phenoxy) is 1. The van der Waals surface area contributed by atoms with Crippen LogP contribution in [0.1, 0.15) is 24.0 Å². The van der Waals surface area contributed by atoms with Crippen LogP contribution in [0.15, 0.2) is 18.2 Å². The van der Waals surface area contributed by atoms with Crippen LogP contribution >= 0.6 is 12.4 Å². The van der Waals surface area contributed by atoms with Crippen molar-refractivity contribution in [2.45, 2.75) is 26.7 Å². The van der Waals surface area contributed by atoms with Crippen LogP contribution in [0.2, 0.25) is 0 Å². The van der Waals surface area contributed by atoms with Crippen molar-refractivity contribution in [1.82, 2.24) is 5.32 Å². The molecule has 17 heavy (non-hydrogen) atoms. The Balaban J connectivity index is 0.00000144. The predicted molar refractivity (Wildman–Crippen MR) is 74.3 cm³/mol. The van der Waals surface area contributed by atoms with E-state index in [4.69, 9.17) is 4.74 Å². The van der Waals surface area contributed by atoms with Crippen molar-refractivity contribution in [2.75, 3.05) is 19.7 Å². The first-order valence-electron chi connectivity index (χ1n) is 6.17. The Bertz CT molecular complexity index is 328. The molecule has 1 aliphatic rings. The molecule has 1 aromatic rings. The fourth-order valence-electron chi connectivity index (χ4n) is 2.29. The fourth-order valence-corrected chi connectivity index (χ4v) is 2.29. The van der Waals surface area contributed by atoms with E-state index in [1.54, 1.807) is 0 Å². The Morgan fingerprint density at radius 1 is 1.29 bits per heavy atom. The highest BCUT2D eigenvalue weighted by Crippen LogP contribution is 2.23. The average molecular weight is 256 g/mol. The van der Waals surface area contributed by atoms with Crippen molar-refractivity contribution in [3.05, 3.63) is 29.3 Å². The zero-order valence-electron chi connectivity index (χ0n) is 10.7. The molecule has 1 heterocycles. The van der Waals surface area contributed by atoms with Crippen LogP contribution < -0.4 is 10.1 Å². The molecular formula is C14H22ClNO. The number of para-hydroxylation sites is 1. The predicted octanol–water partition coefficient (Wildman–Crippen LogP) is 3.10. The summed E-state index contributed by atoms with van der Waals surface area (Å²) in [6.45, 7) is 7.34. The van der Waals surface area contributed by atoms with E-state index in [2.05, 4.69) is 37.4 Å². The summed E-state index contributed by atoms with van der Waals surface area (Å²) in [5.74, 6) is 1.75. The molecule has 1 aromatic carbocycles. The van der Waals surface area contributed by atoms with Crippen LogP contribution in [0.5, 0.6) is 5.75 Å². The molecule has 0 saturated carbocycles. The number of hydrogen-bond acceptors (Lipinski definition) is 2. The summed E-state index contributed by atoms with van der Waals surface area (Å²) in [7, 11) is 0. The Labute approximate surface area is 110 Å². The first-order chi connectivity index (χ1) is 7.77. The summed E-state index contributed by atoms with van der Waals surface area (Å²) < 4.78 is 5.97. The van der Waals surface area contributed by atoms with Gasteiger partial charge in [0, 0.05) is 12.5 Å². The van der Waals surface area contributed by atoms with E-state index >= 15 is 0 Å². The molecule has 1 saturated heterocycles. The summed E-state index contributed by atoms with van der Waals surface area (Å²) in [5.41, 5.74) is 2.48. The highest BCUT2D eigenvalue weighted by molar-refractivity contribution is 5.85. The number of aryl methyl sites for hydroxylation is 2. The topological polar surface area (TPSA) is 21.3 Å². The van der Waals surface area contributed by atoms with E-state index in [1.807, 2.05) is 0 Å². The van der Waals surface area contributed by atoms with Crippen LogP contribution in [-0.2, 0) is 0 Å². The van der Waals surface area contributed by atoms with Gasteiger partial charge >= 0.3 is 0 Å². The lowest BCUT2D eigenvalue weighted by Gasteiger charge is -2.23. The maximum Gasteiger partial charge on any atom is 0.125 e. The molecule has 0 spiro atoms. The van der Waals surface area contributed by atoms with Gasteiger partial charge in [0.15, 0.2) is 0 Å². The van der Waals surface area contributed by atoms with Crippen molar-refractivity contribution < 1.29 is 4.74 Å². The number of piperidine rings is 1. The minimum Gasteiger partial charge on any atom is -0.493 e. The second-order valence-electron chi connectivity index (χ2n) is 4.74. The molecular weight excluding hydrogens is 234 g/mol. The van der Waals surface area contributed by atoms with Gasteiger partial charge in [0.25, 0.3) is 0 Å². The largest absolute Gasteiger partial charge is 0.493 e. The van der Waals surface area contributed by atoms with Gasteiger partial charge in [-0.3, -0.25) is 0 Å². The second-order valence-corrected chi connectivity index (χ2v) is 4.74. The highest BCUT2D eigenvalue weighted by atomic mass is 35.5. The molecule has 96 valence electrons. The maximum absolute atomic E-state index is 5.97. The molecule has 1 N–H and O–H groups in total. The van der Waals surface area contributed by atoms with Crippen molar-refractivity contribution in [3.8, 4) is 5.75 Å². The van der Waals surface area contributed by atoms with Crippen LogP contribution in [0.3, 0.4) is 0 Å². The smallest absolute Gasteiger partial charge is 0.125 e. The number of benzene rings is 1. The fraction of sp³-hybridized carbons (Fsp3) is 0.571. The van der Waals surface area contributed by atoms with E-state index in [9.17, 15) is 0 Å². The second kappa shape index (κ2) is 6.87. The summed E-state index contributed by atoms with van der Waals surface area (Å²) in [4.78, 5) is 0. The van der Waals surface area contributed by atoms with Crippen LogP contribution in [0, 0.1) is 19.8 Å². The lowest BCUT2D eigenvalue weighted by Crippen LogP contribution is -2.33. The molecule has 1 fully saturated rings. The van der Waals surface area contributed by atoms with Crippen LogP contribution in [0.25, 0.3) is 0 Å². The molecule has 0 aromatic heterocycles. The maximum atomic E-state index is 5.97. The molecule has 0 bridgehead atoms. The third kappa shape index (κ3) is 3.90. The molecule has 0 radical (unpaired) electrons. The van der Waals surface area contributed by atoms with Gasteiger partial charge in [-0.05, 0) is 44.4 Å². The van der Waals surface area contributed by atoms with E-state index in [-0.39, 0.29) is 12.4 Å². The molecule has 2 nitrogen and oxygen atoms in total. The summed E-state index contributed by atoms with van der Waals surface area (Å²) in [5, 5.41) is 3.42. The first kappa shape index (κ1) is 14.3. The number of hydrogen-bond donors (Lipinski definition) is 1. The minimum atomic E-state index is 0. The van der Waals surface area contributed by atoms with E-state index < -0.39 is 0 Å². The molecule has 1 aliphatic heterocycles. The number of rotatable bonds is 3. The van der Waals surface area contributed by atoms with E-state index in [1.165, 1.54) is 30.5 Å². The molecule has 3 heteroatoms. The minimum absolute atomic E-state index is 0. The van der Waals surface area contributed by atoms with Gasteiger partial charge in [0.05, 0.1) is 6.61 Å². The quantitative estimate of drug-likeness (QED) is 0.896. The summed E-state index contributed by atoms with van der Waals surface area (Å²) >= 11 is 0. The Kier molecular flexibility index (Phi) is 5.79. The monoisotopic (exact) mass is 255 g/mol. The van der Waals surface area contributed by atoms with E-state index in [0.29, 0.717) is 5.92 Å². The van der Waals surface area contributed by atoms with Gasteiger partial charge in [-0.25, -0.2) is 0 Å². The molecule has 2 rings (SSSR count). The van der Waals surface area contributed by atoms with Crippen molar-refractivity contribution in [2.24, 2.45) is 5.92 Å². The summed E-state index contributed by atoms with van der Waals surface area (Å²) in [6.07, 6.45) is 2.57. The van der Waals surface area contributed by atoms with Gasteiger partial charge < -0.3 is 10.1 Å². The number of nitrogens with one attached hydrogen (secondary N) is 1. The normalized spacial score (nSPS) is 19.5. The van der Waals surface area contributed by atoms with Gasteiger partial charge in [0.2, 0.25) is 0 Å². The zero-order valence-corrected chi connectivity index (χ0v) is 11.5. The van der Waals surface area contributed by atoms with Crippen LogP contribution in [-0.4, -0.2) is 19.7 Å². The van der Waals surface area contributed by atoms with Gasteiger partial charge in [-0.1, -0.05) is 18.2 Å². The lowest BCUT2D eigenvalue weighted by molar-refractivity contribution is 0.216. The molecule has 0 aliphatic carbocycles. The van der Waals surface area contributed by atoms with Gasteiger partial charge in [0.1, 0.15) is 5.75 Å². The lowest BCUT2D eigenvalue weighted by atomic mass is 10.0. The Morgan fingerprint density at radius 3 is 2.59 bits per heavy atom. The van der Waals surface area contributed by atoms with Crippen molar-refractivity contribution >= 4 is 12.4 Å². The zero-order chi connectivity index (χ0) is 11.4. The Hall–Kier alpha value is -0.730. The van der Waals surface area contributed by atoms with E-state index in [0.717, 1.165) is 18.9 Å². The standard InChI is InChI=1S/C14H21NO.ClH/c1-11-5-3-6-12(2)14(11)16-10-13-7-4-8-15-9-13;/h3,5-6,13,15H,4,7-10H2,1-2H3;1H/t13-;/m0./s1. The third-order valence-corrected chi connectivity index (χ3v) is 3.27. The highest BCUT2D eigenvalue weighted by Gasteiger charge is 2.14. The number of halogens is 1. The molecule has 1 atom stereocenters. The van der Waals surface area contributed by atoms with Gasteiger partial charge in [-0.2, -0.15) is 0 Å².